The minimum Gasteiger partial charge on any atom is -0.349 e. The Morgan fingerprint density at radius 2 is 2.00 bits per heavy atom. The van der Waals surface area contributed by atoms with Crippen LogP contribution in [0.2, 0.25) is 0 Å². The summed E-state index contributed by atoms with van der Waals surface area (Å²) in [4.78, 5) is 29.0. The van der Waals surface area contributed by atoms with Gasteiger partial charge in [0.15, 0.2) is 0 Å². The lowest BCUT2D eigenvalue weighted by Crippen LogP contribution is -2.50. The van der Waals surface area contributed by atoms with Gasteiger partial charge >= 0.3 is 0 Å². The molecule has 0 fully saturated rings. The van der Waals surface area contributed by atoms with Gasteiger partial charge in [0, 0.05) is 22.2 Å². The molecule has 0 spiro atoms. The van der Waals surface area contributed by atoms with Crippen molar-refractivity contribution in [1.29, 1.82) is 0 Å². The lowest BCUT2D eigenvalue weighted by molar-refractivity contribution is -0.127. The Balaban J connectivity index is 2.09. The Morgan fingerprint density at radius 3 is 2.60 bits per heavy atom. The van der Waals surface area contributed by atoms with Crippen LogP contribution in [0, 0.1) is 5.82 Å². The zero-order chi connectivity index (χ0) is 21.7. The fourth-order valence-electron chi connectivity index (χ4n) is 3.02. The lowest BCUT2D eigenvalue weighted by atomic mass is 9.98. The van der Waals surface area contributed by atoms with E-state index < -0.39 is 29.2 Å². The summed E-state index contributed by atoms with van der Waals surface area (Å²) in [5.74, 6) is -1.41. The maximum Gasteiger partial charge on any atom is 0.273 e. The van der Waals surface area contributed by atoms with Crippen molar-refractivity contribution < 1.29 is 14.0 Å². The SMILES string of the molecule is CCC(C)(C)NC(=O)C(c1ccccc1F)N(Cc1cccs1)C(=O)c1ccn[nH]1. The van der Waals surface area contributed by atoms with Crippen molar-refractivity contribution in [2.24, 2.45) is 0 Å². The number of carbonyl (C=O) groups excluding carboxylic acids is 2. The second kappa shape index (κ2) is 9.21. The van der Waals surface area contributed by atoms with Gasteiger partial charge in [0.05, 0.1) is 6.54 Å². The van der Waals surface area contributed by atoms with Crippen LogP contribution in [0.25, 0.3) is 0 Å². The van der Waals surface area contributed by atoms with Crippen LogP contribution in [-0.4, -0.2) is 32.5 Å². The van der Waals surface area contributed by atoms with Gasteiger partial charge in [0.1, 0.15) is 17.6 Å². The molecule has 0 saturated heterocycles. The highest BCUT2D eigenvalue weighted by Gasteiger charge is 2.36. The number of nitrogens with zero attached hydrogens (tertiary/aromatic N) is 2. The first-order valence-electron chi connectivity index (χ1n) is 9.71. The first-order valence-corrected chi connectivity index (χ1v) is 10.6. The molecule has 0 aliphatic heterocycles. The smallest absolute Gasteiger partial charge is 0.273 e. The molecule has 1 aromatic carbocycles. The minimum atomic E-state index is -1.14. The van der Waals surface area contributed by atoms with Crippen molar-refractivity contribution in [2.45, 2.75) is 45.3 Å². The van der Waals surface area contributed by atoms with E-state index in [-0.39, 0.29) is 17.8 Å². The van der Waals surface area contributed by atoms with E-state index in [4.69, 9.17) is 0 Å². The average molecular weight is 429 g/mol. The average Bonchev–Trinajstić information content (AvgIpc) is 3.42. The van der Waals surface area contributed by atoms with E-state index in [9.17, 15) is 14.0 Å². The summed E-state index contributed by atoms with van der Waals surface area (Å²) in [6, 6.07) is 10.2. The third kappa shape index (κ3) is 4.94. The quantitative estimate of drug-likeness (QED) is 0.562. The first-order chi connectivity index (χ1) is 14.3. The summed E-state index contributed by atoms with van der Waals surface area (Å²) in [6.07, 6.45) is 2.15. The predicted molar refractivity (Wildman–Crippen MR) is 114 cm³/mol. The minimum absolute atomic E-state index is 0.145. The topological polar surface area (TPSA) is 78.1 Å². The molecule has 0 saturated carbocycles. The lowest BCUT2D eigenvalue weighted by Gasteiger charge is -2.34. The monoisotopic (exact) mass is 428 g/mol. The van der Waals surface area contributed by atoms with E-state index in [2.05, 4.69) is 15.5 Å². The third-order valence-corrected chi connectivity index (χ3v) is 5.86. The zero-order valence-corrected chi connectivity index (χ0v) is 18.0. The summed E-state index contributed by atoms with van der Waals surface area (Å²) < 4.78 is 14.8. The number of rotatable bonds is 8. The molecular weight excluding hydrogens is 403 g/mol. The van der Waals surface area contributed by atoms with E-state index in [1.807, 2.05) is 38.3 Å². The molecule has 2 aromatic heterocycles. The highest BCUT2D eigenvalue weighted by molar-refractivity contribution is 7.09. The molecule has 3 aromatic rings. The van der Waals surface area contributed by atoms with Crippen LogP contribution >= 0.6 is 11.3 Å². The Bertz CT molecular complexity index is 987. The van der Waals surface area contributed by atoms with E-state index in [0.29, 0.717) is 6.42 Å². The summed E-state index contributed by atoms with van der Waals surface area (Å²) in [6.45, 7) is 5.90. The molecular formula is C22H25FN4O2S. The van der Waals surface area contributed by atoms with Crippen LogP contribution in [0.15, 0.2) is 54.0 Å². The number of nitrogens with one attached hydrogen (secondary N) is 2. The number of hydrogen-bond acceptors (Lipinski definition) is 4. The van der Waals surface area contributed by atoms with Gasteiger partial charge in [0.25, 0.3) is 5.91 Å². The van der Waals surface area contributed by atoms with Crippen molar-refractivity contribution in [3.05, 3.63) is 76.0 Å². The Labute approximate surface area is 179 Å². The number of benzene rings is 1. The summed E-state index contributed by atoms with van der Waals surface area (Å²) in [5, 5.41) is 11.4. The van der Waals surface area contributed by atoms with E-state index in [1.54, 1.807) is 18.2 Å². The zero-order valence-electron chi connectivity index (χ0n) is 17.2. The van der Waals surface area contributed by atoms with E-state index in [1.165, 1.54) is 34.6 Å². The Kier molecular flexibility index (Phi) is 6.66. The molecule has 0 bridgehead atoms. The molecule has 30 heavy (non-hydrogen) atoms. The largest absolute Gasteiger partial charge is 0.349 e. The second-order valence-corrected chi connectivity index (χ2v) is 8.67. The van der Waals surface area contributed by atoms with Crippen LogP contribution in [0.4, 0.5) is 4.39 Å². The summed E-state index contributed by atoms with van der Waals surface area (Å²) in [7, 11) is 0. The normalized spacial score (nSPS) is 12.4. The Hall–Kier alpha value is -3.00. The molecule has 1 unspecified atom stereocenters. The molecule has 158 valence electrons. The van der Waals surface area contributed by atoms with E-state index >= 15 is 0 Å². The number of hydrogen-bond donors (Lipinski definition) is 2. The van der Waals surface area contributed by atoms with E-state index in [0.717, 1.165) is 4.88 Å². The van der Waals surface area contributed by atoms with Crippen molar-refractivity contribution >= 4 is 23.2 Å². The number of amides is 2. The van der Waals surface area contributed by atoms with Crippen molar-refractivity contribution in [2.75, 3.05) is 0 Å². The molecule has 2 amide bonds. The summed E-state index contributed by atoms with van der Waals surface area (Å²) in [5.41, 5.74) is -0.131. The summed E-state index contributed by atoms with van der Waals surface area (Å²) >= 11 is 1.47. The number of thiophene rings is 1. The number of halogens is 1. The molecule has 2 N–H and O–H groups in total. The second-order valence-electron chi connectivity index (χ2n) is 7.63. The van der Waals surface area contributed by atoms with Crippen LogP contribution in [0.3, 0.4) is 0 Å². The number of aromatic nitrogens is 2. The van der Waals surface area contributed by atoms with Gasteiger partial charge < -0.3 is 10.2 Å². The standard InChI is InChI=1S/C22H25FN4O2S/c1-4-22(2,3)25-20(28)19(16-9-5-6-10-17(16)23)27(14-15-8-7-13-30-15)21(29)18-11-12-24-26-18/h5-13,19H,4,14H2,1-3H3,(H,24,26)(H,25,28). The van der Waals surface area contributed by atoms with Gasteiger partial charge in [-0.15, -0.1) is 11.3 Å². The van der Waals surface area contributed by atoms with Crippen LogP contribution < -0.4 is 5.32 Å². The number of aromatic amines is 1. The molecule has 0 radical (unpaired) electrons. The predicted octanol–water partition coefficient (Wildman–Crippen LogP) is 4.30. The fourth-order valence-corrected chi connectivity index (χ4v) is 3.72. The van der Waals surface area contributed by atoms with Crippen molar-refractivity contribution in [3.8, 4) is 0 Å². The Morgan fingerprint density at radius 1 is 1.23 bits per heavy atom. The van der Waals surface area contributed by atoms with Crippen molar-refractivity contribution in [3.63, 3.8) is 0 Å². The van der Waals surface area contributed by atoms with Gasteiger partial charge in [0.2, 0.25) is 5.91 Å². The highest BCUT2D eigenvalue weighted by atomic mass is 32.1. The maximum absolute atomic E-state index is 14.8. The first kappa shape index (κ1) is 21.7. The fraction of sp³-hybridized carbons (Fsp3) is 0.318. The van der Waals surface area contributed by atoms with Gasteiger partial charge in [-0.05, 0) is 43.8 Å². The van der Waals surface area contributed by atoms with Crippen LogP contribution in [-0.2, 0) is 11.3 Å². The number of H-pyrrole nitrogens is 1. The highest BCUT2D eigenvalue weighted by Crippen LogP contribution is 2.29. The third-order valence-electron chi connectivity index (χ3n) is 5.00. The van der Waals surface area contributed by atoms with Crippen molar-refractivity contribution in [1.82, 2.24) is 20.4 Å². The van der Waals surface area contributed by atoms with Crippen LogP contribution in [0.1, 0.15) is 54.2 Å². The molecule has 3 rings (SSSR count). The van der Waals surface area contributed by atoms with Gasteiger partial charge in [-0.25, -0.2) is 4.39 Å². The molecule has 6 nitrogen and oxygen atoms in total. The molecule has 8 heteroatoms. The molecule has 2 heterocycles. The van der Waals surface area contributed by atoms with Gasteiger partial charge in [-0.1, -0.05) is 31.2 Å². The molecule has 0 aliphatic carbocycles. The molecule has 1 atom stereocenters. The van der Waals surface area contributed by atoms with Gasteiger partial charge in [-0.2, -0.15) is 5.10 Å². The maximum atomic E-state index is 14.8. The molecule has 0 aliphatic rings. The number of carbonyl (C=O) groups is 2. The van der Waals surface area contributed by atoms with Crippen LogP contribution in [0.5, 0.6) is 0 Å². The van der Waals surface area contributed by atoms with Gasteiger partial charge in [-0.3, -0.25) is 14.7 Å².